The summed E-state index contributed by atoms with van der Waals surface area (Å²) in [5.41, 5.74) is -0.658. The molecule has 0 saturated carbocycles. The molecule has 2 aromatic rings. The maximum absolute atomic E-state index is 12.6. The standard InChI is InChI=1S/C17H12O6/c1-6-3-8-13(10(19)4-6)17(23)14-9(15(8)21)5-11(20)12(7(2)18)16(14)22/h3-5,19-20,22H,1-2H3. The number of Topliss-reactive ketones (excluding diaryl/α,β-unsaturated/α-hetero) is 1. The zero-order chi connectivity index (χ0) is 17.0. The van der Waals surface area contributed by atoms with Gasteiger partial charge in [0.15, 0.2) is 11.6 Å². The summed E-state index contributed by atoms with van der Waals surface area (Å²) in [6.07, 6.45) is 0. The number of phenolic OH excluding ortho intramolecular Hbond substituents is 3. The lowest BCUT2D eigenvalue weighted by Gasteiger charge is -2.21. The molecule has 2 aromatic carbocycles. The van der Waals surface area contributed by atoms with Gasteiger partial charge in [-0.3, -0.25) is 14.4 Å². The topological polar surface area (TPSA) is 112 Å². The normalized spacial score (nSPS) is 12.8. The summed E-state index contributed by atoms with van der Waals surface area (Å²) in [6.45, 7) is 2.77. The molecule has 3 N–H and O–H groups in total. The second kappa shape index (κ2) is 4.67. The van der Waals surface area contributed by atoms with Gasteiger partial charge in [0.25, 0.3) is 0 Å². The second-order valence-corrected chi connectivity index (χ2v) is 5.46. The second-order valence-electron chi connectivity index (χ2n) is 5.46. The minimum atomic E-state index is -0.771. The van der Waals surface area contributed by atoms with Crippen molar-refractivity contribution in [2.45, 2.75) is 13.8 Å². The van der Waals surface area contributed by atoms with Crippen molar-refractivity contribution < 1.29 is 29.7 Å². The first kappa shape index (κ1) is 14.8. The molecule has 1 aliphatic rings. The number of ketones is 3. The summed E-state index contributed by atoms with van der Waals surface area (Å²) < 4.78 is 0. The number of aryl methyl sites for hydroxylation is 1. The van der Waals surface area contributed by atoms with Crippen molar-refractivity contribution >= 4 is 17.3 Å². The van der Waals surface area contributed by atoms with Gasteiger partial charge >= 0.3 is 0 Å². The van der Waals surface area contributed by atoms with Crippen LogP contribution in [0.25, 0.3) is 0 Å². The van der Waals surface area contributed by atoms with Gasteiger partial charge < -0.3 is 15.3 Å². The number of benzene rings is 2. The third kappa shape index (κ3) is 1.92. The van der Waals surface area contributed by atoms with E-state index in [1.165, 1.54) is 12.1 Å². The average molecular weight is 312 g/mol. The Morgan fingerprint density at radius 3 is 2.09 bits per heavy atom. The molecule has 0 bridgehead atoms. The van der Waals surface area contributed by atoms with E-state index in [-0.39, 0.29) is 28.0 Å². The van der Waals surface area contributed by atoms with Crippen LogP contribution in [0, 0.1) is 6.92 Å². The third-order valence-corrected chi connectivity index (χ3v) is 3.84. The zero-order valence-corrected chi connectivity index (χ0v) is 12.3. The van der Waals surface area contributed by atoms with Crippen LogP contribution in [0.3, 0.4) is 0 Å². The van der Waals surface area contributed by atoms with Crippen LogP contribution >= 0.6 is 0 Å². The Balaban J connectivity index is 2.41. The minimum Gasteiger partial charge on any atom is -0.507 e. The summed E-state index contributed by atoms with van der Waals surface area (Å²) in [6, 6.07) is 3.78. The predicted octanol–water partition coefficient (Wildman–Crippen LogP) is 2.09. The lowest BCUT2D eigenvalue weighted by Crippen LogP contribution is -2.22. The van der Waals surface area contributed by atoms with Gasteiger partial charge in [-0.1, -0.05) is 0 Å². The molecule has 0 spiro atoms. The maximum Gasteiger partial charge on any atom is 0.201 e. The van der Waals surface area contributed by atoms with Gasteiger partial charge in [0.05, 0.1) is 11.1 Å². The molecule has 116 valence electrons. The predicted molar refractivity (Wildman–Crippen MR) is 79.5 cm³/mol. The van der Waals surface area contributed by atoms with Gasteiger partial charge in [-0.15, -0.1) is 0 Å². The van der Waals surface area contributed by atoms with E-state index in [9.17, 15) is 29.7 Å². The number of aromatic hydroxyl groups is 3. The number of carbonyl (C=O) groups excluding carboxylic acids is 3. The molecular formula is C17H12O6. The molecule has 0 aromatic heterocycles. The Morgan fingerprint density at radius 2 is 1.48 bits per heavy atom. The average Bonchev–Trinajstić information content (AvgIpc) is 2.42. The molecule has 3 rings (SSSR count). The van der Waals surface area contributed by atoms with Crippen molar-refractivity contribution in [3.8, 4) is 17.2 Å². The van der Waals surface area contributed by atoms with E-state index >= 15 is 0 Å². The fraction of sp³-hybridized carbons (Fsp3) is 0.118. The Hall–Kier alpha value is -3.15. The maximum atomic E-state index is 12.6. The summed E-state index contributed by atoms with van der Waals surface area (Å²) in [5.74, 6) is -3.74. The van der Waals surface area contributed by atoms with E-state index in [1.807, 2.05) is 0 Å². The van der Waals surface area contributed by atoms with Crippen LogP contribution in [0.2, 0.25) is 0 Å². The molecule has 6 nitrogen and oxygen atoms in total. The van der Waals surface area contributed by atoms with Crippen LogP contribution in [0.1, 0.15) is 54.7 Å². The Labute approximate surface area is 130 Å². The molecule has 0 fully saturated rings. The van der Waals surface area contributed by atoms with Crippen molar-refractivity contribution in [1.29, 1.82) is 0 Å². The van der Waals surface area contributed by atoms with E-state index in [1.54, 1.807) is 6.92 Å². The van der Waals surface area contributed by atoms with Gasteiger partial charge in [0, 0.05) is 11.1 Å². The zero-order valence-electron chi connectivity index (χ0n) is 12.3. The number of rotatable bonds is 1. The van der Waals surface area contributed by atoms with Gasteiger partial charge in [0.2, 0.25) is 5.78 Å². The number of hydrogen-bond donors (Lipinski definition) is 3. The van der Waals surface area contributed by atoms with E-state index in [0.29, 0.717) is 5.56 Å². The van der Waals surface area contributed by atoms with E-state index in [4.69, 9.17) is 0 Å². The SMILES string of the molecule is CC(=O)c1c(O)cc2c(c1O)C(=O)c1c(O)cc(C)cc1C2=O. The monoisotopic (exact) mass is 312 g/mol. The van der Waals surface area contributed by atoms with E-state index in [2.05, 4.69) is 0 Å². The molecule has 0 saturated heterocycles. The Kier molecular flexibility index (Phi) is 3.00. The van der Waals surface area contributed by atoms with Crippen molar-refractivity contribution in [2.24, 2.45) is 0 Å². The highest BCUT2D eigenvalue weighted by Gasteiger charge is 2.37. The highest BCUT2D eigenvalue weighted by Crippen LogP contribution is 2.41. The summed E-state index contributed by atoms with van der Waals surface area (Å²) in [5, 5.41) is 30.1. The van der Waals surface area contributed by atoms with Gasteiger partial charge in [-0.05, 0) is 37.6 Å². The molecule has 23 heavy (non-hydrogen) atoms. The number of fused-ring (bicyclic) bond motifs is 2. The largest absolute Gasteiger partial charge is 0.507 e. The van der Waals surface area contributed by atoms with Crippen molar-refractivity contribution in [3.63, 3.8) is 0 Å². The van der Waals surface area contributed by atoms with Gasteiger partial charge in [-0.25, -0.2) is 0 Å². The quantitative estimate of drug-likeness (QED) is 0.593. The first-order chi connectivity index (χ1) is 10.7. The van der Waals surface area contributed by atoms with E-state index < -0.39 is 34.4 Å². The molecule has 0 atom stereocenters. The highest BCUT2D eigenvalue weighted by atomic mass is 16.3. The van der Waals surface area contributed by atoms with Crippen LogP contribution in [0.15, 0.2) is 18.2 Å². The number of carbonyl (C=O) groups is 3. The lowest BCUT2D eigenvalue weighted by molar-refractivity contribution is 0.0971. The van der Waals surface area contributed by atoms with Crippen LogP contribution in [0.5, 0.6) is 17.2 Å². The molecule has 0 aliphatic heterocycles. The third-order valence-electron chi connectivity index (χ3n) is 3.84. The Morgan fingerprint density at radius 1 is 0.870 bits per heavy atom. The first-order valence-corrected chi connectivity index (χ1v) is 6.77. The summed E-state index contributed by atoms with van der Waals surface area (Å²) in [4.78, 5) is 36.8. The van der Waals surface area contributed by atoms with Gasteiger partial charge in [-0.2, -0.15) is 0 Å². The van der Waals surface area contributed by atoms with Crippen molar-refractivity contribution in [1.82, 2.24) is 0 Å². The minimum absolute atomic E-state index is 0.00521. The van der Waals surface area contributed by atoms with Gasteiger partial charge in [0.1, 0.15) is 22.8 Å². The molecule has 0 heterocycles. The first-order valence-electron chi connectivity index (χ1n) is 6.77. The fourth-order valence-electron chi connectivity index (χ4n) is 2.87. The van der Waals surface area contributed by atoms with Crippen LogP contribution in [0.4, 0.5) is 0 Å². The van der Waals surface area contributed by atoms with Crippen LogP contribution in [-0.2, 0) is 0 Å². The smallest absolute Gasteiger partial charge is 0.201 e. The van der Waals surface area contributed by atoms with Crippen molar-refractivity contribution in [2.75, 3.05) is 0 Å². The number of phenols is 3. The van der Waals surface area contributed by atoms with Crippen LogP contribution in [-0.4, -0.2) is 32.7 Å². The molecule has 0 amide bonds. The molecule has 1 aliphatic carbocycles. The molecule has 0 unspecified atom stereocenters. The fourth-order valence-corrected chi connectivity index (χ4v) is 2.87. The summed E-state index contributed by atoms with van der Waals surface area (Å²) >= 11 is 0. The number of hydrogen-bond acceptors (Lipinski definition) is 6. The van der Waals surface area contributed by atoms with Crippen molar-refractivity contribution in [3.05, 3.63) is 51.6 Å². The van der Waals surface area contributed by atoms with E-state index in [0.717, 1.165) is 13.0 Å². The lowest BCUT2D eigenvalue weighted by atomic mass is 9.81. The molecular weight excluding hydrogens is 300 g/mol. The Bertz CT molecular complexity index is 923. The molecule has 6 heteroatoms. The highest BCUT2D eigenvalue weighted by molar-refractivity contribution is 6.31. The molecule has 0 radical (unpaired) electrons. The van der Waals surface area contributed by atoms with Crippen LogP contribution < -0.4 is 0 Å². The summed E-state index contributed by atoms with van der Waals surface area (Å²) in [7, 11) is 0.